The third kappa shape index (κ3) is 11.5. The van der Waals surface area contributed by atoms with E-state index in [9.17, 15) is 9.59 Å². The Kier molecular flexibility index (Phi) is 12.8. The van der Waals surface area contributed by atoms with Gasteiger partial charge in [0, 0.05) is 13.0 Å². The van der Waals surface area contributed by atoms with Crippen LogP contribution in [0, 0.1) is 5.92 Å². The molecule has 196 valence electrons. The molecule has 0 bridgehead atoms. The van der Waals surface area contributed by atoms with Gasteiger partial charge in [-0.05, 0) is 60.6 Å². The highest BCUT2D eigenvalue weighted by molar-refractivity contribution is 7.39. The van der Waals surface area contributed by atoms with Crippen molar-refractivity contribution >= 4 is 20.7 Å². The van der Waals surface area contributed by atoms with Gasteiger partial charge in [-0.25, -0.2) is 4.79 Å². The summed E-state index contributed by atoms with van der Waals surface area (Å²) < 4.78 is 20.5. The molecule has 0 fully saturated rings. The van der Waals surface area contributed by atoms with Crippen molar-refractivity contribution in [1.82, 2.24) is 5.32 Å². The van der Waals surface area contributed by atoms with Gasteiger partial charge in [0.2, 0.25) is 5.91 Å². The Bertz CT molecular complexity index is 992. The maximum atomic E-state index is 12.1. The van der Waals surface area contributed by atoms with E-state index < -0.39 is 14.8 Å². The predicted molar refractivity (Wildman–Crippen MR) is 137 cm³/mol. The van der Waals surface area contributed by atoms with E-state index >= 15 is 0 Å². The number of unbranched alkanes of at least 4 members (excludes halogenated alkanes) is 2. The molecule has 10 heteroatoms. The quantitative estimate of drug-likeness (QED) is 0.0998. The van der Waals surface area contributed by atoms with Crippen LogP contribution in [0.2, 0.25) is 0 Å². The molecule has 36 heavy (non-hydrogen) atoms. The number of carbonyl (C=O) groups excluding carboxylic acids is 2. The van der Waals surface area contributed by atoms with Gasteiger partial charge in [-0.3, -0.25) is 4.79 Å². The van der Waals surface area contributed by atoms with E-state index in [1.807, 2.05) is 0 Å². The van der Waals surface area contributed by atoms with Gasteiger partial charge < -0.3 is 33.8 Å². The van der Waals surface area contributed by atoms with Gasteiger partial charge in [0.05, 0.1) is 7.11 Å². The lowest BCUT2D eigenvalue weighted by Gasteiger charge is -2.12. The van der Waals surface area contributed by atoms with Gasteiger partial charge in [0.15, 0.2) is 11.5 Å². The highest BCUT2D eigenvalue weighted by atomic mass is 31.2. The Morgan fingerprint density at radius 3 is 2.42 bits per heavy atom. The number of allylic oxidation sites excluding steroid dienone is 2. The SMILES string of the molecule is COc1cc(CNC(=O)CCCC/C=C/C(C)C)ccc1OC(=O)OCc1ccc(OP(O)O)cc1. The van der Waals surface area contributed by atoms with E-state index in [0.29, 0.717) is 30.2 Å². The second-order valence-electron chi connectivity index (χ2n) is 8.31. The van der Waals surface area contributed by atoms with Crippen LogP contribution >= 0.6 is 8.60 Å². The molecule has 0 aliphatic rings. The second-order valence-corrected chi connectivity index (χ2v) is 9.00. The molecular weight excluding hydrogens is 485 g/mol. The molecule has 0 saturated heterocycles. The Morgan fingerprint density at radius 2 is 1.75 bits per heavy atom. The smallest absolute Gasteiger partial charge is 0.493 e. The maximum absolute atomic E-state index is 12.1. The van der Waals surface area contributed by atoms with Gasteiger partial charge in [-0.1, -0.05) is 44.2 Å². The van der Waals surface area contributed by atoms with E-state index in [4.69, 9.17) is 28.5 Å². The van der Waals surface area contributed by atoms with Crippen molar-refractivity contribution in [1.29, 1.82) is 0 Å². The van der Waals surface area contributed by atoms with E-state index in [2.05, 4.69) is 31.3 Å². The number of carbonyl (C=O) groups is 2. The molecule has 2 aromatic rings. The van der Waals surface area contributed by atoms with E-state index in [1.54, 1.807) is 30.3 Å². The van der Waals surface area contributed by atoms with Crippen LogP contribution in [0.4, 0.5) is 4.79 Å². The Labute approximate surface area is 213 Å². The first kappa shape index (κ1) is 29.1. The molecule has 0 aliphatic carbocycles. The fourth-order valence-corrected chi connectivity index (χ4v) is 3.42. The molecule has 0 unspecified atom stereocenters. The van der Waals surface area contributed by atoms with Crippen LogP contribution in [-0.2, 0) is 22.7 Å². The van der Waals surface area contributed by atoms with Crippen molar-refractivity contribution in [2.75, 3.05) is 7.11 Å². The number of hydrogen-bond acceptors (Lipinski definition) is 8. The Balaban J connectivity index is 1.77. The van der Waals surface area contributed by atoms with Crippen LogP contribution in [0.1, 0.15) is 50.7 Å². The molecule has 0 aromatic heterocycles. The minimum atomic E-state index is -2.49. The van der Waals surface area contributed by atoms with Crippen LogP contribution in [0.3, 0.4) is 0 Å². The summed E-state index contributed by atoms with van der Waals surface area (Å²) in [6.45, 7) is 4.56. The summed E-state index contributed by atoms with van der Waals surface area (Å²) in [5.41, 5.74) is 1.46. The third-order valence-electron chi connectivity index (χ3n) is 4.92. The zero-order valence-corrected chi connectivity index (χ0v) is 21.7. The highest BCUT2D eigenvalue weighted by Crippen LogP contribution is 2.30. The standard InChI is InChI=1S/C26H34NO8P/c1-19(2)8-6-4-5-7-9-25(28)27-17-21-12-15-23(24(16-21)32-3)34-26(29)33-18-20-10-13-22(14-11-20)35-36(30)31/h6,8,10-16,19,30-31H,4-5,7,9,17-18H2,1-3H3,(H,27,28)/b8-6+. The number of ether oxygens (including phenoxy) is 3. The molecule has 0 heterocycles. The first-order valence-electron chi connectivity index (χ1n) is 11.7. The lowest BCUT2D eigenvalue weighted by Crippen LogP contribution is -2.22. The third-order valence-corrected chi connectivity index (χ3v) is 5.30. The maximum Gasteiger partial charge on any atom is 0.514 e. The minimum Gasteiger partial charge on any atom is -0.493 e. The van der Waals surface area contributed by atoms with Crippen molar-refractivity contribution in [3.05, 3.63) is 65.7 Å². The minimum absolute atomic E-state index is 0.0150. The molecule has 2 rings (SSSR count). The van der Waals surface area contributed by atoms with Crippen LogP contribution in [0.5, 0.6) is 17.2 Å². The lowest BCUT2D eigenvalue weighted by atomic mass is 10.1. The summed E-state index contributed by atoms with van der Waals surface area (Å²) >= 11 is 0. The summed E-state index contributed by atoms with van der Waals surface area (Å²) in [6, 6.07) is 11.3. The normalized spacial score (nSPS) is 11.1. The van der Waals surface area contributed by atoms with Gasteiger partial charge >= 0.3 is 14.8 Å². The Hall–Kier alpha value is -3.13. The molecule has 3 N–H and O–H groups in total. The first-order valence-corrected chi connectivity index (χ1v) is 12.8. The molecule has 2 aromatic carbocycles. The summed E-state index contributed by atoms with van der Waals surface area (Å²) in [7, 11) is -1.04. The van der Waals surface area contributed by atoms with Crippen molar-refractivity contribution < 1.29 is 38.1 Å². The van der Waals surface area contributed by atoms with Crippen LogP contribution in [0.15, 0.2) is 54.6 Å². The van der Waals surface area contributed by atoms with Crippen LogP contribution in [0.25, 0.3) is 0 Å². The van der Waals surface area contributed by atoms with E-state index in [-0.39, 0.29) is 24.0 Å². The molecule has 9 nitrogen and oxygen atoms in total. The first-order chi connectivity index (χ1) is 17.3. The zero-order chi connectivity index (χ0) is 26.3. The lowest BCUT2D eigenvalue weighted by molar-refractivity contribution is -0.121. The number of rotatable bonds is 14. The summed E-state index contributed by atoms with van der Waals surface area (Å²) in [4.78, 5) is 41.9. The molecule has 0 radical (unpaired) electrons. The number of amides is 1. The van der Waals surface area contributed by atoms with E-state index in [1.165, 1.54) is 19.2 Å². The van der Waals surface area contributed by atoms with Crippen LogP contribution < -0.4 is 19.3 Å². The molecule has 1 amide bonds. The predicted octanol–water partition coefficient (Wildman–Crippen LogP) is 5.39. The molecular formula is C26H34NO8P. The fourth-order valence-electron chi connectivity index (χ4n) is 3.11. The van der Waals surface area contributed by atoms with Crippen molar-refractivity contribution in [2.24, 2.45) is 5.92 Å². The van der Waals surface area contributed by atoms with Crippen molar-refractivity contribution in [2.45, 2.75) is 52.7 Å². The fraction of sp³-hybridized carbons (Fsp3) is 0.385. The van der Waals surface area contributed by atoms with Crippen molar-refractivity contribution in [3.8, 4) is 17.2 Å². The average Bonchev–Trinajstić information content (AvgIpc) is 2.84. The Morgan fingerprint density at radius 1 is 1.03 bits per heavy atom. The number of hydrogen-bond donors (Lipinski definition) is 3. The number of methoxy groups -OCH3 is 1. The topological polar surface area (TPSA) is 124 Å². The monoisotopic (exact) mass is 519 g/mol. The van der Waals surface area contributed by atoms with Gasteiger partial charge in [0.1, 0.15) is 12.4 Å². The van der Waals surface area contributed by atoms with E-state index in [0.717, 1.165) is 24.8 Å². The zero-order valence-electron chi connectivity index (χ0n) is 20.8. The van der Waals surface area contributed by atoms with Gasteiger partial charge in [-0.15, -0.1) is 0 Å². The number of nitrogens with one attached hydrogen (secondary N) is 1. The highest BCUT2D eigenvalue weighted by Gasteiger charge is 2.13. The molecule has 0 spiro atoms. The van der Waals surface area contributed by atoms with Gasteiger partial charge in [-0.2, -0.15) is 0 Å². The summed E-state index contributed by atoms with van der Waals surface area (Å²) in [5.74, 6) is 1.34. The van der Waals surface area contributed by atoms with Gasteiger partial charge in [0.25, 0.3) is 0 Å². The largest absolute Gasteiger partial charge is 0.514 e. The summed E-state index contributed by atoms with van der Waals surface area (Å²) in [6.07, 6.45) is 6.67. The average molecular weight is 520 g/mol. The van der Waals surface area contributed by atoms with Crippen molar-refractivity contribution in [3.63, 3.8) is 0 Å². The molecule has 0 saturated carbocycles. The summed E-state index contributed by atoms with van der Waals surface area (Å²) in [5, 5.41) is 2.89. The molecule has 0 atom stereocenters. The molecule has 0 aliphatic heterocycles. The second kappa shape index (κ2) is 15.8. The van der Waals surface area contributed by atoms with Crippen LogP contribution in [-0.4, -0.2) is 29.0 Å². The number of benzene rings is 2.